The van der Waals surface area contributed by atoms with Gasteiger partial charge in [-0.25, -0.2) is 4.98 Å². The van der Waals surface area contributed by atoms with Gasteiger partial charge in [0.2, 0.25) is 0 Å². The maximum Gasteiger partial charge on any atom is 0.195 e. The monoisotopic (exact) mass is 349 g/mol. The highest BCUT2D eigenvalue weighted by atomic mass is 16.3. The summed E-state index contributed by atoms with van der Waals surface area (Å²) in [7, 11) is 0. The molecule has 1 saturated heterocycles. The Labute approximate surface area is 155 Å². The van der Waals surface area contributed by atoms with Crippen molar-refractivity contribution in [1.29, 1.82) is 0 Å². The molecule has 0 bridgehead atoms. The number of fused-ring (bicyclic) bond motifs is 1. The molecule has 1 aliphatic rings. The highest BCUT2D eigenvalue weighted by Gasteiger charge is 2.19. The molecule has 3 aromatic rings. The zero-order valence-electron chi connectivity index (χ0n) is 15.2. The van der Waals surface area contributed by atoms with Crippen LogP contribution in [0.3, 0.4) is 0 Å². The first-order valence-electron chi connectivity index (χ1n) is 9.71. The molecule has 4 heteroatoms. The van der Waals surface area contributed by atoms with Gasteiger partial charge in [-0.2, -0.15) is 0 Å². The number of para-hydroxylation sites is 2. The zero-order chi connectivity index (χ0) is 17.6. The van der Waals surface area contributed by atoms with E-state index in [0.29, 0.717) is 6.04 Å². The summed E-state index contributed by atoms with van der Waals surface area (Å²) in [5.74, 6) is 0.863. The van der Waals surface area contributed by atoms with Gasteiger partial charge in [0, 0.05) is 25.6 Å². The van der Waals surface area contributed by atoms with Gasteiger partial charge in [0.1, 0.15) is 5.52 Å². The molecule has 2 heterocycles. The molecule has 1 aliphatic heterocycles. The molecule has 1 atom stereocenters. The van der Waals surface area contributed by atoms with Crippen LogP contribution in [-0.4, -0.2) is 35.6 Å². The number of nitrogens with one attached hydrogen (secondary N) is 1. The molecule has 2 aromatic carbocycles. The van der Waals surface area contributed by atoms with Gasteiger partial charge >= 0.3 is 0 Å². The van der Waals surface area contributed by atoms with E-state index in [1.807, 2.05) is 24.3 Å². The number of piperidine rings is 1. The van der Waals surface area contributed by atoms with Crippen molar-refractivity contribution in [2.24, 2.45) is 0 Å². The minimum absolute atomic E-state index is 0.591. The van der Waals surface area contributed by atoms with Crippen LogP contribution in [0, 0.1) is 0 Å². The number of oxazole rings is 1. The summed E-state index contributed by atoms with van der Waals surface area (Å²) in [6, 6.07) is 19.2. The van der Waals surface area contributed by atoms with Gasteiger partial charge in [-0.15, -0.1) is 0 Å². The van der Waals surface area contributed by atoms with Crippen LogP contribution in [0.15, 0.2) is 59.0 Å². The Hall–Kier alpha value is -2.17. The zero-order valence-corrected chi connectivity index (χ0v) is 15.2. The van der Waals surface area contributed by atoms with Crippen molar-refractivity contribution in [1.82, 2.24) is 15.2 Å². The van der Waals surface area contributed by atoms with E-state index in [2.05, 4.69) is 45.5 Å². The quantitative estimate of drug-likeness (QED) is 0.700. The van der Waals surface area contributed by atoms with Gasteiger partial charge in [0.15, 0.2) is 11.5 Å². The number of nitrogens with zero attached hydrogens (tertiary/aromatic N) is 2. The van der Waals surface area contributed by atoms with Crippen molar-refractivity contribution in [3.05, 3.63) is 66.1 Å². The minimum Gasteiger partial charge on any atom is -0.441 e. The standard InChI is InChI=1S/C22H27N3O/c1-2-8-18(9-3-1)16-23-19-10-6-14-25(17-19)15-7-13-22-24-20-11-4-5-12-21(20)26-22/h1-5,8-9,11-12,19,23H,6-7,10,13-17H2/t19-/m1/s1. The number of likely N-dealkylation sites (tertiary alicyclic amines) is 1. The fourth-order valence-electron chi connectivity index (χ4n) is 3.76. The van der Waals surface area contributed by atoms with Crippen molar-refractivity contribution in [2.45, 2.75) is 38.3 Å². The lowest BCUT2D eigenvalue weighted by Crippen LogP contribution is -2.45. The maximum atomic E-state index is 5.82. The SMILES string of the molecule is c1ccc(CN[C@@H]2CCCN(CCCc3nc4ccccc4o3)C2)cc1. The molecule has 136 valence electrons. The topological polar surface area (TPSA) is 41.3 Å². The van der Waals surface area contributed by atoms with Crippen molar-refractivity contribution in [2.75, 3.05) is 19.6 Å². The van der Waals surface area contributed by atoms with E-state index in [1.165, 1.54) is 24.9 Å². The van der Waals surface area contributed by atoms with Crippen molar-refractivity contribution in [3.8, 4) is 0 Å². The average molecular weight is 349 g/mol. The van der Waals surface area contributed by atoms with Crippen LogP contribution < -0.4 is 5.32 Å². The van der Waals surface area contributed by atoms with Gasteiger partial charge in [0.25, 0.3) is 0 Å². The number of aryl methyl sites for hydroxylation is 1. The van der Waals surface area contributed by atoms with Gasteiger partial charge in [-0.3, -0.25) is 0 Å². The van der Waals surface area contributed by atoms with Gasteiger partial charge in [0.05, 0.1) is 0 Å². The van der Waals surface area contributed by atoms with Crippen molar-refractivity contribution < 1.29 is 4.42 Å². The molecule has 1 N–H and O–H groups in total. The fourth-order valence-corrected chi connectivity index (χ4v) is 3.76. The predicted octanol–water partition coefficient (Wildman–Crippen LogP) is 4.01. The lowest BCUT2D eigenvalue weighted by atomic mass is 10.0. The second kappa shape index (κ2) is 8.47. The Morgan fingerprint density at radius 2 is 1.92 bits per heavy atom. The van der Waals surface area contributed by atoms with Crippen molar-refractivity contribution in [3.63, 3.8) is 0 Å². The lowest BCUT2D eigenvalue weighted by Gasteiger charge is -2.33. The third kappa shape index (κ3) is 4.51. The van der Waals surface area contributed by atoms with E-state index in [4.69, 9.17) is 4.42 Å². The minimum atomic E-state index is 0.591. The van der Waals surface area contributed by atoms with Crippen LogP contribution in [0.4, 0.5) is 0 Å². The summed E-state index contributed by atoms with van der Waals surface area (Å²) < 4.78 is 5.82. The molecule has 26 heavy (non-hydrogen) atoms. The molecule has 0 spiro atoms. The van der Waals surface area contributed by atoms with Crippen LogP contribution in [0.1, 0.15) is 30.7 Å². The Morgan fingerprint density at radius 3 is 2.81 bits per heavy atom. The largest absolute Gasteiger partial charge is 0.441 e. The highest BCUT2D eigenvalue weighted by Crippen LogP contribution is 2.17. The van der Waals surface area contributed by atoms with Crippen LogP contribution in [0.5, 0.6) is 0 Å². The second-order valence-corrected chi connectivity index (χ2v) is 7.19. The molecular formula is C22H27N3O. The first kappa shape index (κ1) is 17.3. The Kier molecular flexibility index (Phi) is 5.62. The molecule has 0 radical (unpaired) electrons. The average Bonchev–Trinajstić information content (AvgIpc) is 3.10. The molecule has 1 aromatic heterocycles. The normalized spacial score (nSPS) is 18.4. The Morgan fingerprint density at radius 1 is 1.08 bits per heavy atom. The summed E-state index contributed by atoms with van der Waals surface area (Å²) in [6.45, 7) is 4.42. The number of hydrogen-bond donors (Lipinski definition) is 1. The third-order valence-corrected chi connectivity index (χ3v) is 5.15. The maximum absolute atomic E-state index is 5.82. The number of benzene rings is 2. The van der Waals surface area contributed by atoms with Gasteiger partial charge < -0.3 is 14.6 Å². The van der Waals surface area contributed by atoms with Crippen LogP contribution in [-0.2, 0) is 13.0 Å². The van der Waals surface area contributed by atoms with Crippen LogP contribution in [0.2, 0.25) is 0 Å². The second-order valence-electron chi connectivity index (χ2n) is 7.19. The summed E-state index contributed by atoms with van der Waals surface area (Å²) in [5.41, 5.74) is 3.22. The van der Waals surface area contributed by atoms with E-state index in [9.17, 15) is 0 Å². The molecule has 0 saturated carbocycles. The number of hydrogen-bond acceptors (Lipinski definition) is 4. The van der Waals surface area contributed by atoms with Gasteiger partial charge in [-0.1, -0.05) is 42.5 Å². The van der Waals surface area contributed by atoms with E-state index in [1.54, 1.807) is 0 Å². The summed E-state index contributed by atoms with van der Waals surface area (Å²) in [5, 5.41) is 3.72. The summed E-state index contributed by atoms with van der Waals surface area (Å²) in [4.78, 5) is 7.15. The molecule has 1 fully saturated rings. The van der Waals surface area contributed by atoms with Crippen LogP contribution >= 0.6 is 0 Å². The third-order valence-electron chi connectivity index (χ3n) is 5.15. The summed E-state index contributed by atoms with van der Waals surface area (Å²) in [6.07, 6.45) is 4.55. The molecule has 4 nitrogen and oxygen atoms in total. The highest BCUT2D eigenvalue weighted by molar-refractivity contribution is 5.72. The van der Waals surface area contributed by atoms with E-state index in [-0.39, 0.29) is 0 Å². The number of aromatic nitrogens is 1. The fraction of sp³-hybridized carbons (Fsp3) is 0.409. The van der Waals surface area contributed by atoms with E-state index in [0.717, 1.165) is 49.5 Å². The Bertz CT molecular complexity index is 781. The number of rotatable bonds is 7. The van der Waals surface area contributed by atoms with Crippen molar-refractivity contribution >= 4 is 11.1 Å². The molecule has 0 amide bonds. The Balaban J connectivity index is 1.22. The molecule has 4 rings (SSSR count). The van der Waals surface area contributed by atoms with Crippen LogP contribution in [0.25, 0.3) is 11.1 Å². The van der Waals surface area contributed by atoms with E-state index >= 15 is 0 Å². The molecular weight excluding hydrogens is 322 g/mol. The van der Waals surface area contributed by atoms with Gasteiger partial charge in [-0.05, 0) is 50.0 Å². The lowest BCUT2D eigenvalue weighted by molar-refractivity contribution is 0.187. The predicted molar refractivity (Wildman–Crippen MR) is 105 cm³/mol. The molecule has 0 unspecified atom stereocenters. The summed E-state index contributed by atoms with van der Waals surface area (Å²) >= 11 is 0. The smallest absolute Gasteiger partial charge is 0.195 e. The van der Waals surface area contributed by atoms with E-state index < -0.39 is 0 Å². The first-order valence-corrected chi connectivity index (χ1v) is 9.71. The first-order chi connectivity index (χ1) is 12.9. The molecule has 0 aliphatic carbocycles.